The molecule has 0 N–H and O–H groups in total. The highest BCUT2D eigenvalue weighted by Crippen LogP contribution is 2.73. The minimum absolute atomic E-state index is 0.592. The molecule has 8 aromatic carbocycles. The Balaban J connectivity index is 1.17. The highest BCUT2D eigenvalue weighted by atomic mass is 32.3. The number of fused-ring (bicyclic) bond motifs is 3. The van der Waals surface area contributed by atoms with Gasteiger partial charge in [-0.2, -0.15) is 0 Å². The maximum Gasteiger partial charge on any atom is 0.164 e. The molecule has 0 aliphatic rings. The number of benzene rings is 8. The molecule has 0 atom stereocenters. The van der Waals surface area contributed by atoms with Crippen LogP contribution < -0.4 is 0 Å². The lowest BCUT2D eigenvalue weighted by atomic mass is 10.0. The maximum atomic E-state index is 6.29. The third-order valence-electron chi connectivity index (χ3n) is 10.3. The molecule has 2 aromatic heterocycles. The molecule has 0 aliphatic carbocycles. The fourth-order valence-electron chi connectivity index (χ4n) is 7.68. The Morgan fingerprint density at radius 1 is 0.321 bits per heavy atom. The first-order valence-electron chi connectivity index (χ1n) is 18.7. The molecule has 266 valence electrons. The van der Waals surface area contributed by atoms with Gasteiger partial charge in [0.05, 0.1) is 0 Å². The van der Waals surface area contributed by atoms with Gasteiger partial charge in [0.25, 0.3) is 0 Å². The quantitative estimate of drug-likeness (QED) is 0.156. The zero-order chi connectivity index (χ0) is 37.3. The van der Waals surface area contributed by atoms with Crippen molar-refractivity contribution in [3.05, 3.63) is 212 Å². The second kappa shape index (κ2) is 14.3. The predicted octanol–water partition coefficient (Wildman–Crippen LogP) is 13.8. The van der Waals surface area contributed by atoms with Crippen molar-refractivity contribution >= 4 is 32.0 Å². The van der Waals surface area contributed by atoms with Crippen LogP contribution >= 0.6 is 10.0 Å². The van der Waals surface area contributed by atoms with Crippen LogP contribution in [0.2, 0.25) is 0 Å². The Morgan fingerprint density at radius 3 is 1.43 bits per heavy atom. The second-order valence-corrected chi connectivity index (χ2v) is 16.7. The molecule has 0 saturated heterocycles. The minimum atomic E-state index is -1.85. The maximum absolute atomic E-state index is 6.29. The molecule has 0 unspecified atom stereocenters. The topological polar surface area (TPSA) is 51.8 Å². The van der Waals surface area contributed by atoms with Gasteiger partial charge in [-0.25, -0.2) is 15.0 Å². The van der Waals surface area contributed by atoms with Gasteiger partial charge in [0.2, 0.25) is 0 Å². The summed E-state index contributed by atoms with van der Waals surface area (Å²) in [5.74, 6) is 1.80. The molecule has 0 aliphatic heterocycles. The van der Waals surface area contributed by atoms with Crippen molar-refractivity contribution in [2.24, 2.45) is 0 Å². The third kappa shape index (κ3) is 5.86. The van der Waals surface area contributed by atoms with Crippen molar-refractivity contribution in [1.82, 2.24) is 15.0 Å². The summed E-state index contributed by atoms with van der Waals surface area (Å²) in [6.07, 6.45) is 0. The van der Waals surface area contributed by atoms with E-state index in [-0.39, 0.29) is 0 Å². The van der Waals surface area contributed by atoms with Gasteiger partial charge in [-0.3, -0.25) is 0 Å². The van der Waals surface area contributed by atoms with E-state index in [1.165, 1.54) is 19.6 Å². The summed E-state index contributed by atoms with van der Waals surface area (Å²) >= 11 is 0. The Hall–Kier alpha value is -7.08. The number of para-hydroxylation sites is 1. The van der Waals surface area contributed by atoms with Crippen molar-refractivity contribution in [3.8, 4) is 45.3 Å². The predicted molar refractivity (Wildman–Crippen MR) is 229 cm³/mol. The monoisotopic (exact) mass is 737 g/mol. The van der Waals surface area contributed by atoms with Crippen LogP contribution in [-0.2, 0) is 0 Å². The summed E-state index contributed by atoms with van der Waals surface area (Å²) in [6, 6.07) is 74.6. The van der Waals surface area contributed by atoms with Gasteiger partial charge in [0, 0.05) is 47.0 Å². The summed E-state index contributed by atoms with van der Waals surface area (Å²) < 4.78 is 6.29. The van der Waals surface area contributed by atoms with E-state index in [0.29, 0.717) is 17.5 Å². The van der Waals surface area contributed by atoms with E-state index in [9.17, 15) is 0 Å². The lowest BCUT2D eigenvalue weighted by Crippen LogP contribution is -2.05. The smallest absolute Gasteiger partial charge is 0.164 e. The van der Waals surface area contributed by atoms with Crippen LogP contribution in [0, 0.1) is 0 Å². The molecule has 5 heteroatoms. The van der Waals surface area contributed by atoms with Crippen molar-refractivity contribution in [1.29, 1.82) is 0 Å². The van der Waals surface area contributed by atoms with Gasteiger partial charge < -0.3 is 4.42 Å². The average molecular weight is 738 g/mol. The van der Waals surface area contributed by atoms with Crippen LogP contribution in [0.5, 0.6) is 0 Å². The Morgan fingerprint density at radius 2 is 0.786 bits per heavy atom. The lowest BCUT2D eigenvalue weighted by molar-refractivity contribution is 0.669. The highest BCUT2D eigenvalue weighted by molar-refractivity contribution is 8.34. The van der Waals surface area contributed by atoms with E-state index in [2.05, 4.69) is 176 Å². The molecule has 56 heavy (non-hydrogen) atoms. The first-order chi connectivity index (χ1) is 27.8. The molecule has 0 bridgehead atoms. The molecule has 10 aromatic rings. The summed E-state index contributed by atoms with van der Waals surface area (Å²) in [6.45, 7) is 0. The van der Waals surface area contributed by atoms with Crippen molar-refractivity contribution in [2.75, 3.05) is 0 Å². The molecule has 0 fully saturated rings. The summed E-state index contributed by atoms with van der Waals surface area (Å²) in [5, 5.41) is 2.01. The van der Waals surface area contributed by atoms with Gasteiger partial charge in [0.1, 0.15) is 11.2 Å². The second-order valence-electron chi connectivity index (χ2n) is 13.6. The van der Waals surface area contributed by atoms with Gasteiger partial charge in [-0.1, -0.05) is 146 Å². The van der Waals surface area contributed by atoms with E-state index in [1.54, 1.807) is 0 Å². The van der Waals surface area contributed by atoms with Crippen molar-refractivity contribution in [3.63, 3.8) is 0 Å². The largest absolute Gasteiger partial charge is 0.456 e. The summed E-state index contributed by atoms with van der Waals surface area (Å²) in [5.41, 5.74) is 6.58. The van der Waals surface area contributed by atoms with Crippen LogP contribution in [0.15, 0.2) is 236 Å². The molecule has 2 heterocycles. The Kier molecular flexibility index (Phi) is 8.55. The number of nitrogens with zero attached hydrogens (tertiary/aromatic N) is 3. The van der Waals surface area contributed by atoms with Gasteiger partial charge in [-0.05, 0) is 77.9 Å². The van der Waals surface area contributed by atoms with Crippen LogP contribution in [0.4, 0.5) is 0 Å². The zero-order valence-electron chi connectivity index (χ0n) is 30.4. The summed E-state index contributed by atoms with van der Waals surface area (Å²) in [4.78, 5) is 20.6. The molecule has 0 radical (unpaired) electrons. The fourth-order valence-corrected chi connectivity index (χ4v) is 11.6. The van der Waals surface area contributed by atoms with E-state index in [4.69, 9.17) is 19.4 Å². The van der Waals surface area contributed by atoms with Crippen LogP contribution in [-0.4, -0.2) is 15.0 Å². The van der Waals surface area contributed by atoms with E-state index in [0.717, 1.165) is 49.8 Å². The molecule has 10 rings (SSSR count). The van der Waals surface area contributed by atoms with Crippen molar-refractivity contribution < 1.29 is 4.42 Å². The van der Waals surface area contributed by atoms with E-state index in [1.807, 2.05) is 36.4 Å². The molecule has 4 nitrogen and oxygen atoms in total. The van der Waals surface area contributed by atoms with E-state index < -0.39 is 10.0 Å². The average Bonchev–Trinajstić information content (AvgIpc) is 3.67. The highest BCUT2D eigenvalue weighted by Gasteiger charge is 2.33. The zero-order valence-corrected chi connectivity index (χ0v) is 31.2. The molecule has 0 saturated carbocycles. The van der Waals surface area contributed by atoms with Gasteiger partial charge in [0.15, 0.2) is 17.5 Å². The van der Waals surface area contributed by atoms with Crippen LogP contribution in [0.25, 0.3) is 67.2 Å². The Bertz CT molecular complexity index is 2850. The number of aromatic nitrogens is 3. The van der Waals surface area contributed by atoms with Gasteiger partial charge in [-0.15, -0.1) is 10.0 Å². The Labute approximate surface area is 327 Å². The fraction of sp³-hybridized carbons (Fsp3) is 0. The lowest BCUT2D eigenvalue weighted by Gasteiger charge is -2.42. The number of hydrogen-bond donors (Lipinski definition) is 0. The number of furan rings is 1. The first kappa shape index (κ1) is 33.5. The van der Waals surface area contributed by atoms with Crippen LogP contribution in [0.3, 0.4) is 0 Å². The normalized spacial score (nSPS) is 11.9. The summed E-state index contributed by atoms with van der Waals surface area (Å²) in [7, 11) is -1.85. The van der Waals surface area contributed by atoms with E-state index >= 15 is 0 Å². The molecular weight excluding hydrogens is 703 g/mol. The molecule has 0 spiro atoms. The molecular formula is C51H35N3OS. The van der Waals surface area contributed by atoms with Crippen LogP contribution in [0.1, 0.15) is 0 Å². The minimum Gasteiger partial charge on any atom is -0.456 e. The van der Waals surface area contributed by atoms with Crippen molar-refractivity contribution in [2.45, 2.75) is 19.6 Å². The number of rotatable bonds is 8. The molecule has 0 amide bonds. The SMILES string of the molecule is c1ccc(-c2cccc(-c3nc(-c4ccc(S(c5ccccc5)(c5ccccc5)c5ccccc5)cc4)nc(-c4cccc5oc6ccccc6c45)n3)c2)cc1. The van der Waals surface area contributed by atoms with Gasteiger partial charge >= 0.3 is 0 Å². The first-order valence-corrected chi connectivity index (χ1v) is 20.3. The standard InChI is InChI=1S/C51H35N3OS/c1-5-17-36(18-6-1)38-19-15-20-39(35-38)50-52-49(53-51(54-50)45-28-16-30-47-48(45)44-27-13-14-29-46(44)55-47)37-31-33-43(34-32-37)56(40-21-7-2-8-22-40,41-23-9-3-10-24-41)42-25-11-4-12-26-42/h1-35H. The third-order valence-corrected chi connectivity index (χ3v) is 14.2. The number of hydrogen-bond acceptors (Lipinski definition) is 4.